The van der Waals surface area contributed by atoms with Crippen LogP contribution in [-0.4, -0.2) is 30.1 Å². The Bertz CT molecular complexity index is 817. The Morgan fingerprint density at radius 3 is 2.78 bits per heavy atom. The van der Waals surface area contributed by atoms with Gasteiger partial charge >= 0.3 is 5.97 Å². The molecule has 0 aliphatic heterocycles. The van der Waals surface area contributed by atoms with Crippen molar-refractivity contribution < 1.29 is 27.5 Å². The summed E-state index contributed by atoms with van der Waals surface area (Å²) in [6, 6.07) is 0. The Kier molecular flexibility index (Phi) is 4.90. The maximum atomic E-state index is 11.7. The highest BCUT2D eigenvalue weighted by atomic mass is 32.2. The molecule has 1 aliphatic rings. The second-order valence-corrected chi connectivity index (χ2v) is 7.18. The van der Waals surface area contributed by atoms with Crippen LogP contribution in [0.5, 0.6) is 11.5 Å². The van der Waals surface area contributed by atoms with Gasteiger partial charge in [0.05, 0.1) is 5.75 Å². The van der Waals surface area contributed by atoms with Crippen LogP contribution in [0.3, 0.4) is 0 Å². The smallest absolute Gasteiger partial charge is 0.308 e. The Hall–Kier alpha value is -2.13. The van der Waals surface area contributed by atoms with Gasteiger partial charge in [0.1, 0.15) is 0 Å². The highest BCUT2D eigenvalue weighted by Crippen LogP contribution is 2.45. The van der Waals surface area contributed by atoms with Crippen LogP contribution in [-0.2, 0) is 14.8 Å². The molecule has 0 saturated carbocycles. The number of allylic oxidation sites excluding steroid dienone is 4. The van der Waals surface area contributed by atoms with E-state index in [0.717, 1.165) is 6.92 Å². The Morgan fingerprint density at radius 1 is 1.52 bits per heavy atom. The van der Waals surface area contributed by atoms with Gasteiger partial charge in [-0.3, -0.25) is 4.79 Å². The molecule has 1 heterocycles. The number of hydrogen-bond acceptors (Lipinski definition) is 7. The lowest BCUT2D eigenvalue weighted by Crippen LogP contribution is -2.15. The highest BCUT2D eigenvalue weighted by molar-refractivity contribution is 7.92. The first kappa shape index (κ1) is 17.2. The Morgan fingerprint density at radius 2 is 2.22 bits per heavy atom. The Labute approximate surface area is 138 Å². The van der Waals surface area contributed by atoms with Crippen molar-refractivity contribution in [2.45, 2.75) is 20.3 Å². The van der Waals surface area contributed by atoms with Gasteiger partial charge in [-0.2, -0.15) is 0 Å². The van der Waals surface area contributed by atoms with Gasteiger partial charge in [-0.15, -0.1) is 0 Å². The summed E-state index contributed by atoms with van der Waals surface area (Å²) in [7, 11) is -3.69. The average Bonchev–Trinajstić information content (AvgIpc) is 2.76. The van der Waals surface area contributed by atoms with E-state index in [1.807, 2.05) is 6.08 Å². The van der Waals surface area contributed by atoms with Crippen molar-refractivity contribution in [2.24, 2.45) is 0 Å². The quantitative estimate of drug-likeness (QED) is 0.615. The maximum absolute atomic E-state index is 11.7. The lowest BCUT2D eigenvalue weighted by atomic mass is 10.0. The molecular formula is C14H15NO6S2. The van der Waals surface area contributed by atoms with Crippen molar-refractivity contribution in [1.82, 2.24) is 0 Å². The van der Waals surface area contributed by atoms with Crippen LogP contribution >= 0.6 is 12.2 Å². The first-order valence-corrected chi connectivity index (χ1v) is 8.76. The van der Waals surface area contributed by atoms with Gasteiger partial charge in [0, 0.05) is 23.8 Å². The number of anilines is 1. The number of rotatable bonds is 5. The number of carbonyl (C=O) groups excluding carboxylic acids is 1. The third kappa shape index (κ3) is 3.80. The normalized spacial score (nSPS) is 14.5. The fraction of sp³-hybridized carbons (Fsp3) is 0.286. The summed E-state index contributed by atoms with van der Waals surface area (Å²) in [4.78, 5) is 11.7. The van der Waals surface area contributed by atoms with Crippen LogP contribution in [0.15, 0.2) is 22.6 Å². The predicted molar refractivity (Wildman–Crippen MR) is 89.1 cm³/mol. The van der Waals surface area contributed by atoms with Gasteiger partial charge in [-0.1, -0.05) is 30.4 Å². The largest absolute Gasteiger partial charge is 0.502 e. The number of aromatic hydroxyl groups is 1. The SMILES string of the molecule is CCS(=O)(=O)Nc1oc(C2=CC=CCC2=S)c(O)c1OC(C)=O. The molecule has 0 spiro atoms. The third-order valence-corrected chi connectivity index (χ3v) is 4.60. The fourth-order valence-electron chi connectivity index (χ4n) is 1.85. The molecule has 2 N–H and O–H groups in total. The Balaban J connectivity index is 2.55. The van der Waals surface area contributed by atoms with E-state index >= 15 is 0 Å². The summed E-state index contributed by atoms with van der Waals surface area (Å²) in [5, 5.41) is 10.3. The van der Waals surface area contributed by atoms with Crippen LogP contribution in [0, 0.1) is 0 Å². The molecule has 0 unspecified atom stereocenters. The molecule has 1 aromatic rings. The molecule has 0 fully saturated rings. The van der Waals surface area contributed by atoms with E-state index in [-0.39, 0.29) is 23.1 Å². The number of thiocarbonyl (C=S) groups is 1. The summed E-state index contributed by atoms with van der Waals surface area (Å²) in [5.74, 6) is -2.24. The van der Waals surface area contributed by atoms with Crippen LogP contribution in [0.4, 0.5) is 5.88 Å². The molecule has 7 nitrogen and oxygen atoms in total. The molecule has 0 aromatic carbocycles. The van der Waals surface area contributed by atoms with Crippen molar-refractivity contribution >= 4 is 44.5 Å². The number of ether oxygens (including phenoxy) is 1. The zero-order valence-corrected chi connectivity index (χ0v) is 14.1. The van der Waals surface area contributed by atoms with Gasteiger partial charge in [0.2, 0.25) is 21.5 Å². The number of sulfonamides is 1. The second kappa shape index (κ2) is 6.55. The molecular weight excluding hydrogens is 342 g/mol. The standard InChI is InChI=1S/C14H15NO6S2/c1-3-23(18,19)15-14-13(20-8(2)16)11(17)12(21-14)9-6-4-5-7-10(9)22/h4-6,15,17H,3,7H2,1-2H3. The maximum Gasteiger partial charge on any atom is 0.308 e. The van der Waals surface area contributed by atoms with Gasteiger partial charge in [-0.05, 0) is 6.92 Å². The predicted octanol–water partition coefficient (Wildman–Crippen LogP) is 2.39. The minimum atomic E-state index is -3.69. The number of carbonyl (C=O) groups is 1. The first-order chi connectivity index (χ1) is 10.7. The average molecular weight is 357 g/mol. The van der Waals surface area contributed by atoms with Crippen molar-refractivity contribution in [3.8, 4) is 11.5 Å². The summed E-state index contributed by atoms with van der Waals surface area (Å²) in [5.41, 5.74) is 0.426. The molecule has 0 bridgehead atoms. The number of esters is 1. The van der Waals surface area contributed by atoms with Crippen molar-refractivity contribution in [3.63, 3.8) is 0 Å². The van der Waals surface area contributed by atoms with Gasteiger partial charge in [0.15, 0.2) is 5.76 Å². The zero-order valence-electron chi connectivity index (χ0n) is 12.5. The van der Waals surface area contributed by atoms with Crippen LogP contribution in [0.2, 0.25) is 0 Å². The fourth-order valence-corrected chi connectivity index (χ4v) is 2.67. The molecule has 1 aromatic heterocycles. The zero-order chi connectivity index (χ0) is 17.2. The molecule has 1 aliphatic carbocycles. The first-order valence-electron chi connectivity index (χ1n) is 6.70. The minimum absolute atomic E-state index is 0.0515. The van der Waals surface area contributed by atoms with Gasteiger partial charge in [0.25, 0.3) is 5.88 Å². The topological polar surface area (TPSA) is 106 Å². The van der Waals surface area contributed by atoms with Crippen LogP contribution in [0.1, 0.15) is 26.0 Å². The third-order valence-electron chi connectivity index (χ3n) is 2.96. The van der Waals surface area contributed by atoms with Gasteiger partial charge in [-0.25, -0.2) is 13.1 Å². The van der Waals surface area contributed by atoms with Crippen molar-refractivity contribution in [3.05, 3.63) is 24.0 Å². The van der Waals surface area contributed by atoms with Crippen molar-refractivity contribution in [2.75, 3.05) is 10.5 Å². The molecule has 2 rings (SSSR count). The monoisotopic (exact) mass is 357 g/mol. The van der Waals surface area contributed by atoms with E-state index in [9.17, 15) is 18.3 Å². The van der Waals surface area contributed by atoms with E-state index in [1.165, 1.54) is 6.92 Å². The van der Waals surface area contributed by atoms with Crippen LogP contribution < -0.4 is 9.46 Å². The molecule has 0 amide bonds. The minimum Gasteiger partial charge on any atom is -0.502 e. The van der Waals surface area contributed by atoms with E-state index in [4.69, 9.17) is 21.4 Å². The molecule has 124 valence electrons. The summed E-state index contributed by atoms with van der Waals surface area (Å²) >= 11 is 5.20. The molecule has 23 heavy (non-hydrogen) atoms. The van der Waals surface area contributed by atoms with E-state index in [2.05, 4.69) is 4.72 Å². The van der Waals surface area contributed by atoms with Gasteiger partial charge < -0.3 is 14.3 Å². The van der Waals surface area contributed by atoms with Crippen molar-refractivity contribution in [1.29, 1.82) is 0 Å². The summed E-state index contributed by atoms with van der Waals surface area (Å²) in [6.07, 6.45) is 5.67. The number of nitrogens with one attached hydrogen (secondary N) is 1. The molecule has 0 radical (unpaired) electrons. The molecule has 9 heteroatoms. The van der Waals surface area contributed by atoms with E-state index in [0.29, 0.717) is 16.9 Å². The van der Waals surface area contributed by atoms with E-state index < -0.39 is 21.7 Å². The highest BCUT2D eigenvalue weighted by Gasteiger charge is 2.29. The number of furan rings is 1. The van der Waals surface area contributed by atoms with Crippen LogP contribution in [0.25, 0.3) is 5.57 Å². The molecule has 0 atom stereocenters. The lowest BCUT2D eigenvalue weighted by molar-refractivity contribution is -0.131. The molecule has 0 saturated heterocycles. The summed E-state index contributed by atoms with van der Waals surface area (Å²) < 4.78 is 35.8. The second-order valence-electron chi connectivity index (χ2n) is 4.67. The lowest BCUT2D eigenvalue weighted by Gasteiger charge is -2.07. The number of hydrogen-bond donors (Lipinski definition) is 2. The summed E-state index contributed by atoms with van der Waals surface area (Å²) in [6.45, 7) is 2.55. The van der Waals surface area contributed by atoms with E-state index in [1.54, 1.807) is 12.2 Å².